The zero-order chi connectivity index (χ0) is 10.7. The van der Waals surface area contributed by atoms with Crippen LogP contribution in [-0.2, 0) is 8.85 Å². The highest BCUT2D eigenvalue weighted by atomic mass is 28.4. The molecule has 0 aliphatic carbocycles. The number of hydrogen-bond donors (Lipinski definition) is 0. The molecule has 0 unspecified atom stereocenters. The normalized spacial score (nSPS) is 12.8. The maximum absolute atomic E-state index is 5.85. The molecule has 0 N–H and O–H groups in total. The second-order valence-electron chi connectivity index (χ2n) is 4.61. The first-order chi connectivity index (χ1) is 5.66. The van der Waals surface area contributed by atoms with E-state index < -0.39 is 8.56 Å². The van der Waals surface area contributed by atoms with Gasteiger partial charge in [0.2, 0.25) is 0 Å². The molecule has 0 aromatic rings. The van der Waals surface area contributed by atoms with Crippen molar-refractivity contribution in [2.24, 2.45) is 0 Å². The molecule has 0 fully saturated rings. The SMILES string of the molecule is C=C(CC)O[Si](C)(C)OC(C)(C)C. The Bertz CT molecular complexity index is 180. The summed E-state index contributed by atoms with van der Waals surface area (Å²) in [6.07, 6.45) is 0.851. The van der Waals surface area contributed by atoms with Crippen LogP contribution in [0.2, 0.25) is 13.1 Å². The third-order valence-corrected chi connectivity index (χ3v) is 3.22. The fraction of sp³-hybridized carbons (Fsp3) is 0.800. The van der Waals surface area contributed by atoms with Crippen molar-refractivity contribution in [1.82, 2.24) is 0 Å². The van der Waals surface area contributed by atoms with Crippen LogP contribution in [0.3, 0.4) is 0 Å². The van der Waals surface area contributed by atoms with Crippen molar-refractivity contribution in [3.8, 4) is 0 Å². The minimum atomic E-state index is -2.02. The van der Waals surface area contributed by atoms with E-state index in [9.17, 15) is 0 Å². The molecule has 0 radical (unpaired) electrons. The predicted molar refractivity (Wildman–Crippen MR) is 58.8 cm³/mol. The van der Waals surface area contributed by atoms with E-state index in [1.165, 1.54) is 0 Å². The van der Waals surface area contributed by atoms with Gasteiger partial charge in [0, 0.05) is 6.42 Å². The molecule has 0 saturated heterocycles. The van der Waals surface area contributed by atoms with E-state index in [-0.39, 0.29) is 5.60 Å². The van der Waals surface area contributed by atoms with Gasteiger partial charge in [-0.15, -0.1) is 0 Å². The van der Waals surface area contributed by atoms with Gasteiger partial charge in [-0.2, -0.15) is 0 Å². The fourth-order valence-corrected chi connectivity index (χ4v) is 3.53. The molecule has 3 heteroatoms. The summed E-state index contributed by atoms with van der Waals surface area (Å²) in [4.78, 5) is 0. The summed E-state index contributed by atoms with van der Waals surface area (Å²) in [5.74, 6) is 0.820. The smallest absolute Gasteiger partial charge is 0.392 e. The highest BCUT2D eigenvalue weighted by Gasteiger charge is 2.32. The predicted octanol–water partition coefficient (Wildman–Crippen LogP) is 3.44. The standard InChI is InChI=1S/C10H22O2Si/c1-8-9(2)11-13(6,7)12-10(3,4)5/h2,8H2,1,3-7H3. The van der Waals surface area contributed by atoms with Gasteiger partial charge >= 0.3 is 8.56 Å². The zero-order valence-corrected chi connectivity index (χ0v) is 10.7. The Hall–Kier alpha value is -0.283. The summed E-state index contributed by atoms with van der Waals surface area (Å²) in [5, 5.41) is 0. The molecule has 0 saturated carbocycles. The molecule has 0 aliphatic heterocycles. The summed E-state index contributed by atoms with van der Waals surface area (Å²) >= 11 is 0. The maximum atomic E-state index is 5.85. The summed E-state index contributed by atoms with van der Waals surface area (Å²) in [6.45, 7) is 16.1. The number of hydrogen-bond acceptors (Lipinski definition) is 2. The molecule has 2 nitrogen and oxygen atoms in total. The summed E-state index contributed by atoms with van der Waals surface area (Å²) in [6, 6.07) is 0. The fourth-order valence-electron chi connectivity index (χ4n) is 1.18. The van der Waals surface area contributed by atoms with Gasteiger partial charge in [0.05, 0.1) is 11.4 Å². The van der Waals surface area contributed by atoms with Crippen LogP contribution < -0.4 is 0 Å². The number of rotatable bonds is 4. The third kappa shape index (κ3) is 6.84. The van der Waals surface area contributed by atoms with Crippen LogP contribution in [-0.4, -0.2) is 14.2 Å². The molecule has 0 atom stereocenters. The Morgan fingerprint density at radius 3 is 2.08 bits per heavy atom. The van der Waals surface area contributed by atoms with E-state index in [1.54, 1.807) is 0 Å². The van der Waals surface area contributed by atoms with E-state index in [0.29, 0.717) is 0 Å². The minimum Gasteiger partial charge on any atom is -0.525 e. The first-order valence-corrected chi connectivity index (χ1v) is 7.55. The summed E-state index contributed by atoms with van der Waals surface area (Å²) < 4.78 is 11.5. The second kappa shape index (κ2) is 4.29. The van der Waals surface area contributed by atoms with Gasteiger partial charge in [0.25, 0.3) is 0 Å². The Labute approximate surface area is 83.2 Å². The van der Waals surface area contributed by atoms with E-state index in [4.69, 9.17) is 8.85 Å². The van der Waals surface area contributed by atoms with Crippen molar-refractivity contribution < 1.29 is 8.85 Å². The molecule has 78 valence electrons. The quantitative estimate of drug-likeness (QED) is 0.513. The van der Waals surface area contributed by atoms with Crippen molar-refractivity contribution in [2.75, 3.05) is 0 Å². The van der Waals surface area contributed by atoms with Crippen LogP contribution in [0.1, 0.15) is 34.1 Å². The Morgan fingerprint density at radius 2 is 1.77 bits per heavy atom. The van der Waals surface area contributed by atoms with Crippen LogP contribution in [0.4, 0.5) is 0 Å². The maximum Gasteiger partial charge on any atom is 0.392 e. The molecule has 0 aromatic heterocycles. The number of allylic oxidation sites excluding steroid dienone is 1. The lowest BCUT2D eigenvalue weighted by Gasteiger charge is -2.32. The highest BCUT2D eigenvalue weighted by Crippen LogP contribution is 2.20. The van der Waals surface area contributed by atoms with Crippen molar-refractivity contribution >= 4 is 8.56 Å². The highest BCUT2D eigenvalue weighted by molar-refractivity contribution is 6.64. The summed E-state index contributed by atoms with van der Waals surface area (Å²) in [5.41, 5.74) is -0.135. The lowest BCUT2D eigenvalue weighted by Crippen LogP contribution is -2.41. The van der Waals surface area contributed by atoms with Gasteiger partial charge in [0.1, 0.15) is 0 Å². The van der Waals surface area contributed by atoms with Crippen LogP contribution in [0.25, 0.3) is 0 Å². The van der Waals surface area contributed by atoms with Crippen molar-refractivity contribution in [3.63, 3.8) is 0 Å². The second-order valence-corrected chi connectivity index (χ2v) is 7.82. The molecule has 0 aromatic carbocycles. The van der Waals surface area contributed by atoms with E-state index >= 15 is 0 Å². The molecular weight excluding hydrogens is 180 g/mol. The topological polar surface area (TPSA) is 18.5 Å². The lowest BCUT2D eigenvalue weighted by molar-refractivity contribution is 0.0817. The molecule has 0 amide bonds. The molecule has 0 heterocycles. The molecule has 0 bridgehead atoms. The van der Waals surface area contributed by atoms with Gasteiger partial charge in [0.15, 0.2) is 0 Å². The Kier molecular flexibility index (Phi) is 4.19. The molecule has 13 heavy (non-hydrogen) atoms. The first kappa shape index (κ1) is 12.7. The zero-order valence-electron chi connectivity index (χ0n) is 9.73. The average Bonchev–Trinajstić information content (AvgIpc) is 1.80. The van der Waals surface area contributed by atoms with Crippen LogP contribution in [0.5, 0.6) is 0 Å². The molecule has 0 rings (SSSR count). The van der Waals surface area contributed by atoms with E-state index in [1.807, 2.05) is 40.8 Å². The van der Waals surface area contributed by atoms with Gasteiger partial charge in [-0.1, -0.05) is 13.5 Å². The minimum absolute atomic E-state index is 0.135. The molecule has 0 aliphatic rings. The van der Waals surface area contributed by atoms with Gasteiger partial charge in [-0.3, -0.25) is 0 Å². The van der Waals surface area contributed by atoms with Crippen molar-refractivity contribution in [2.45, 2.75) is 52.8 Å². The first-order valence-electron chi connectivity index (χ1n) is 4.73. The van der Waals surface area contributed by atoms with Gasteiger partial charge in [-0.05, 0) is 33.9 Å². The Morgan fingerprint density at radius 1 is 1.31 bits per heavy atom. The molecule has 0 spiro atoms. The van der Waals surface area contributed by atoms with Crippen LogP contribution in [0, 0.1) is 0 Å². The van der Waals surface area contributed by atoms with Crippen LogP contribution in [0.15, 0.2) is 12.3 Å². The van der Waals surface area contributed by atoms with Crippen molar-refractivity contribution in [3.05, 3.63) is 12.3 Å². The van der Waals surface area contributed by atoms with Crippen LogP contribution >= 0.6 is 0 Å². The Balaban J connectivity index is 4.16. The summed E-state index contributed by atoms with van der Waals surface area (Å²) in [7, 11) is -2.02. The van der Waals surface area contributed by atoms with Gasteiger partial charge in [-0.25, -0.2) is 0 Å². The average molecular weight is 202 g/mol. The van der Waals surface area contributed by atoms with Crippen molar-refractivity contribution in [1.29, 1.82) is 0 Å². The van der Waals surface area contributed by atoms with E-state index in [2.05, 4.69) is 6.58 Å². The largest absolute Gasteiger partial charge is 0.525 e. The lowest BCUT2D eigenvalue weighted by atomic mass is 10.2. The van der Waals surface area contributed by atoms with E-state index in [0.717, 1.165) is 12.2 Å². The third-order valence-electron chi connectivity index (χ3n) is 1.34. The molecular formula is C10H22O2Si. The monoisotopic (exact) mass is 202 g/mol. The van der Waals surface area contributed by atoms with Gasteiger partial charge < -0.3 is 8.85 Å².